The minimum absolute atomic E-state index is 0.109. The predicted molar refractivity (Wildman–Crippen MR) is 102 cm³/mol. The number of aromatic nitrogens is 3. The second-order valence-electron chi connectivity index (χ2n) is 5.40. The van der Waals surface area contributed by atoms with Gasteiger partial charge in [0.1, 0.15) is 0 Å². The van der Waals surface area contributed by atoms with E-state index in [1.807, 2.05) is 26.0 Å². The summed E-state index contributed by atoms with van der Waals surface area (Å²) >= 11 is 3.32. The zero-order valence-electron chi connectivity index (χ0n) is 15.1. The zero-order chi connectivity index (χ0) is 19.6. The second kappa shape index (κ2) is 10.8. The molecule has 0 saturated carbocycles. The maximum Gasteiger partial charge on any atom is 0.273 e. The summed E-state index contributed by atoms with van der Waals surface area (Å²) < 4.78 is 13.2. The van der Waals surface area contributed by atoms with Crippen LogP contribution in [0.4, 0.5) is 5.69 Å². The summed E-state index contributed by atoms with van der Waals surface area (Å²) in [5.41, 5.74) is 0.750. The van der Waals surface area contributed by atoms with Gasteiger partial charge < -0.3 is 20.1 Å². The Bertz CT molecular complexity index is 744. The van der Waals surface area contributed by atoms with Crippen molar-refractivity contribution in [3.63, 3.8) is 0 Å². The fourth-order valence-electron chi connectivity index (χ4n) is 2.16. The molecule has 0 unspecified atom stereocenters. The molecule has 0 bridgehead atoms. The highest BCUT2D eigenvalue weighted by molar-refractivity contribution is 9.10. The van der Waals surface area contributed by atoms with Crippen molar-refractivity contribution in [2.24, 2.45) is 0 Å². The summed E-state index contributed by atoms with van der Waals surface area (Å²) in [5.74, 6) is -0.831. The standard InChI is InChI=1S/C17H22BrN5O4/c1-3-26-16(27-4-2)11-23-10-14(21-22-23)17(25)19-9-15(24)20-13-7-5-12(18)6-8-13/h5-8,10,16H,3-4,9,11H2,1-2H3,(H,19,25)(H,20,24). The average molecular weight is 440 g/mol. The second-order valence-corrected chi connectivity index (χ2v) is 6.32. The number of carbonyl (C=O) groups excluding carboxylic acids is 2. The van der Waals surface area contributed by atoms with Gasteiger partial charge in [0, 0.05) is 23.4 Å². The van der Waals surface area contributed by atoms with Gasteiger partial charge in [-0.1, -0.05) is 21.1 Å². The van der Waals surface area contributed by atoms with Gasteiger partial charge in [0.05, 0.1) is 19.3 Å². The van der Waals surface area contributed by atoms with Gasteiger partial charge in [-0.3, -0.25) is 9.59 Å². The van der Waals surface area contributed by atoms with Crippen LogP contribution in [0.5, 0.6) is 0 Å². The van der Waals surface area contributed by atoms with Crippen LogP contribution in [-0.4, -0.2) is 52.9 Å². The third-order valence-electron chi connectivity index (χ3n) is 3.35. The summed E-state index contributed by atoms with van der Waals surface area (Å²) in [6.45, 7) is 4.87. The average Bonchev–Trinajstić information content (AvgIpc) is 3.11. The molecule has 1 aromatic carbocycles. The molecule has 27 heavy (non-hydrogen) atoms. The molecule has 0 spiro atoms. The van der Waals surface area contributed by atoms with Crippen molar-refractivity contribution in [1.82, 2.24) is 20.3 Å². The number of carbonyl (C=O) groups is 2. The first-order valence-corrected chi connectivity index (χ1v) is 9.28. The van der Waals surface area contributed by atoms with Crippen LogP contribution < -0.4 is 10.6 Å². The number of hydrogen-bond acceptors (Lipinski definition) is 6. The van der Waals surface area contributed by atoms with Crippen LogP contribution in [0.1, 0.15) is 24.3 Å². The number of anilines is 1. The maximum atomic E-state index is 12.1. The molecule has 0 aliphatic heterocycles. The van der Waals surface area contributed by atoms with E-state index in [1.54, 1.807) is 12.1 Å². The highest BCUT2D eigenvalue weighted by Crippen LogP contribution is 2.13. The monoisotopic (exact) mass is 439 g/mol. The van der Waals surface area contributed by atoms with E-state index < -0.39 is 12.2 Å². The number of halogens is 1. The number of nitrogens with zero attached hydrogens (tertiary/aromatic N) is 3. The summed E-state index contributed by atoms with van der Waals surface area (Å²) in [6, 6.07) is 7.12. The number of nitrogens with one attached hydrogen (secondary N) is 2. The van der Waals surface area contributed by atoms with Crippen molar-refractivity contribution in [1.29, 1.82) is 0 Å². The van der Waals surface area contributed by atoms with Crippen LogP contribution in [0.25, 0.3) is 0 Å². The first-order valence-electron chi connectivity index (χ1n) is 8.48. The Balaban J connectivity index is 1.82. The van der Waals surface area contributed by atoms with E-state index in [9.17, 15) is 9.59 Å². The van der Waals surface area contributed by atoms with Crippen molar-refractivity contribution in [3.8, 4) is 0 Å². The minimum atomic E-state index is -0.489. The van der Waals surface area contributed by atoms with E-state index >= 15 is 0 Å². The van der Waals surface area contributed by atoms with E-state index in [1.165, 1.54) is 10.9 Å². The van der Waals surface area contributed by atoms with Crippen LogP contribution in [0.15, 0.2) is 34.9 Å². The quantitative estimate of drug-likeness (QED) is 0.546. The van der Waals surface area contributed by atoms with Crippen molar-refractivity contribution in [2.45, 2.75) is 26.7 Å². The van der Waals surface area contributed by atoms with E-state index in [-0.39, 0.29) is 18.1 Å². The number of hydrogen-bond donors (Lipinski definition) is 2. The Hall–Kier alpha value is -2.30. The molecular weight excluding hydrogens is 418 g/mol. The normalized spacial score (nSPS) is 10.8. The van der Waals surface area contributed by atoms with Gasteiger partial charge in [-0.25, -0.2) is 4.68 Å². The van der Waals surface area contributed by atoms with Crippen LogP contribution >= 0.6 is 15.9 Å². The Kier molecular flexibility index (Phi) is 8.37. The molecule has 0 saturated heterocycles. The molecule has 2 amide bonds. The molecule has 0 radical (unpaired) electrons. The third kappa shape index (κ3) is 7.08. The number of ether oxygens (including phenoxy) is 2. The molecular formula is C17H22BrN5O4. The fraction of sp³-hybridized carbons (Fsp3) is 0.412. The van der Waals surface area contributed by atoms with Gasteiger partial charge in [-0.2, -0.15) is 0 Å². The number of rotatable bonds is 10. The van der Waals surface area contributed by atoms with Crippen molar-refractivity contribution < 1.29 is 19.1 Å². The van der Waals surface area contributed by atoms with Crippen LogP contribution in [0.3, 0.4) is 0 Å². The first kappa shape index (κ1) is 21.0. The summed E-state index contributed by atoms with van der Waals surface area (Å²) in [7, 11) is 0. The molecule has 146 valence electrons. The summed E-state index contributed by atoms with van der Waals surface area (Å²) in [4.78, 5) is 24.0. The van der Waals surface area contributed by atoms with Crippen LogP contribution in [0.2, 0.25) is 0 Å². The lowest BCUT2D eigenvalue weighted by molar-refractivity contribution is -0.145. The Morgan fingerprint density at radius 1 is 1.19 bits per heavy atom. The lowest BCUT2D eigenvalue weighted by Gasteiger charge is -2.16. The topological polar surface area (TPSA) is 107 Å². The molecule has 10 heteroatoms. The van der Waals surface area contributed by atoms with Crippen molar-refractivity contribution >= 4 is 33.4 Å². The van der Waals surface area contributed by atoms with Crippen molar-refractivity contribution in [2.75, 3.05) is 25.1 Å². The zero-order valence-corrected chi connectivity index (χ0v) is 16.7. The van der Waals surface area contributed by atoms with Crippen molar-refractivity contribution in [3.05, 3.63) is 40.6 Å². The Morgan fingerprint density at radius 2 is 1.85 bits per heavy atom. The number of amides is 2. The molecule has 2 rings (SSSR count). The molecule has 9 nitrogen and oxygen atoms in total. The van der Waals surface area contributed by atoms with Gasteiger partial charge in [-0.15, -0.1) is 5.10 Å². The SMILES string of the molecule is CCOC(Cn1cc(C(=O)NCC(=O)Nc2ccc(Br)cc2)nn1)OCC. The smallest absolute Gasteiger partial charge is 0.273 e. The van der Waals surface area contributed by atoms with Crippen LogP contribution in [-0.2, 0) is 20.8 Å². The van der Waals surface area contributed by atoms with Gasteiger partial charge in [0.25, 0.3) is 5.91 Å². The van der Waals surface area contributed by atoms with E-state index in [0.29, 0.717) is 25.4 Å². The lowest BCUT2D eigenvalue weighted by atomic mass is 10.3. The molecule has 1 aromatic heterocycles. The van der Waals surface area contributed by atoms with Gasteiger partial charge in [-0.05, 0) is 38.1 Å². The largest absolute Gasteiger partial charge is 0.351 e. The van der Waals surface area contributed by atoms with Gasteiger partial charge >= 0.3 is 0 Å². The maximum absolute atomic E-state index is 12.1. The minimum Gasteiger partial charge on any atom is -0.351 e. The molecule has 0 fully saturated rings. The first-order chi connectivity index (χ1) is 13.0. The van der Waals surface area contributed by atoms with Gasteiger partial charge in [0.15, 0.2) is 12.0 Å². The fourth-order valence-corrected chi connectivity index (χ4v) is 2.42. The molecule has 1 heterocycles. The highest BCUT2D eigenvalue weighted by atomic mass is 79.9. The molecule has 2 N–H and O–H groups in total. The van der Waals surface area contributed by atoms with E-state index in [4.69, 9.17) is 9.47 Å². The predicted octanol–water partition coefficient (Wildman–Crippen LogP) is 1.81. The van der Waals surface area contributed by atoms with E-state index in [2.05, 4.69) is 36.9 Å². The molecule has 0 atom stereocenters. The van der Waals surface area contributed by atoms with Gasteiger partial charge in [0.2, 0.25) is 5.91 Å². The Labute approximate surface area is 165 Å². The van der Waals surface area contributed by atoms with Crippen LogP contribution in [0, 0.1) is 0 Å². The van der Waals surface area contributed by atoms with E-state index in [0.717, 1.165) is 4.47 Å². The molecule has 0 aliphatic rings. The summed E-state index contributed by atoms with van der Waals surface area (Å²) in [5, 5.41) is 12.9. The lowest BCUT2D eigenvalue weighted by Crippen LogP contribution is -2.33. The highest BCUT2D eigenvalue weighted by Gasteiger charge is 2.15. The number of benzene rings is 1. The molecule has 0 aliphatic carbocycles. The summed E-state index contributed by atoms with van der Waals surface area (Å²) in [6.07, 6.45) is 1.02. The Morgan fingerprint density at radius 3 is 2.48 bits per heavy atom. The molecule has 2 aromatic rings. The third-order valence-corrected chi connectivity index (χ3v) is 3.88.